The van der Waals surface area contributed by atoms with Crippen molar-refractivity contribution in [2.24, 2.45) is 5.92 Å². The maximum atomic E-state index is 14.1. The number of terminal acetylenes is 1. The minimum absolute atomic E-state index is 0.217. The highest BCUT2D eigenvalue weighted by molar-refractivity contribution is 5.92. The SMILES string of the molecule is C#Cc1ccc(C(C(=O)NCCCC)N(CCCCCCC)C(=O)C(NC(=O)OC(C)(C)C)C(C)C)cc1. The molecule has 0 aromatic heterocycles. The van der Waals surface area contributed by atoms with Gasteiger partial charge in [-0.1, -0.05) is 77.9 Å². The lowest BCUT2D eigenvalue weighted by Gasteiger charge is -2.35. The summed E-state index contributed by atoms with van der Waals surface area (Å²) in [6.07, 6.45) is 11.7. The van der Waals surface area contributed by atoms with E-state index in [1.807, 2.05) is 26.0 Å². The van der Waals surface area contributed by atoms with Crippen LogP contribution in [0.25, 0.3) is 0 Å². The first-order valence-corrected chi connectivity index (χ1v) is 14.1. The summed E-state index contributed by atoms with van der Waals surface area (Å²) in [5.41, 5.74) is 0.677. The maximum absolute atomic E-state index is 14.1. The van der Waals surface area contributed by atoms with E-state index in [0.29, 0.717) is 24.2 Å². The number of nitrogens with zero attached hydrogens (tertiary/aromatic N) is 1. The molecule has 7 nitrogen and oxygen atoms in total. The summed E-state index contributed by atoms with van der Waals surface area (Å²) in [7, 11) is 0. The molecule has 2 atom stereocenters. The fourth-order valence-corrected chi connectivity index (χ4v) is 4.10. The van der Waals surface area contributed by atoms with E-state index >= 15 is 0 Å². The maximum Gasteiger partial charge on any atom is 0.408 e. The Morgan fingerprint density at radius 3 is 2.11 bits per heavy atom. The molecule has 0 aliphatic rings. The van der Waals surface area contributed by atoms with E-state index in [0.717, 1.165) is 44.9 Å². The van der Waals surface area contributed by atoms with E-state index in [9.17, 15) is 14.4 Å². The number of ether oxygens (including phenoxy) is 1. The average Bonchev–Trinajstić information content (AvgIpc) is 2.85. The Balaban J connectivity index is 3.43. The van der Waals surface area contributed by atoms with E-state index < -0.39 is 23.8 Å². The van der Waals surface area contributed by atoms with Gasteiger partial charge in [0.1, 0.15) is 17.7 Å². The lowest BCUT2D eigenvalue weighted by molar-refractivity contribution is -0.143. The Morgan fingerprint density at radius 1 is 0.974 bits per heavy atom. The van der Waals surface area contributed by atoms with Gasteiger partial charge in [0.25, 0.3) is 0 Å². The van der Waals surface area contributed by atoms with Crippen molar-refractivity contribution in [3.63, 3.8) is 0 Å². The van der Waals surface area contributed by atoms with Gasteiger partial charge in [-0.25, -0.2) is 4.79 Å². The van der Waals surface area contributed by atoms with Crippen LogP contribution in [0.5, 0.6) is 0 Å². The summed E-state index contributed by atoms with van der Waals surface area (Å²) in [5.74, 6) is 1.83. The van der Waals surface area contributed by atoms with E-state index in [4.69, 9.17) is 11.2 Å². The lowest BCUT2D eigenvalue weighted by atomic mass is 9.97. The van der Waals surface area contributed by atoms with Crippen LogP contribution in [0.3, 0.4) is 0 Å². The summed E-state index contributed by atoms with van der Waals surface area (Å²) in [6, 6.07) is 5.48. The molecule has 3 amide bonds. The van der Waals surface area contributed by atoms with Gasteiger partial charge in [0, 0.05) is 18.7 Å². The third kappa shape index (κ3) is 11.6. The van der Waals surface area contributed by atoms with Crippen molar-refractivity contribution in [3.8, 4) is 12.3 Å². The summed E-state index contributed by atoms with van der Waals surface area (Å²) in [5, 5.41) is 5.78. The molecule has 212 valence electrons. The van der Waals surface area contributed by atoms with Crippen LogP contribution in [0.2, 0.25) is 0 Å². The monoisotopic (exact) mass is 527 g/mol. The predicted octanol–water partition coefficient (Wildman–Crippen LogP) is 5.97. The highest BCUT2D eigenvalue weighted by atomic mass is 16.6. The van der Waals surface area contributed by atoms with Gasteiger partial charge in [-0.2, -0.15) is 0 Å². The molecule has 0 saturated carbocycles. The smallest absolute Gasteiger partial charge is 0.408 e. The van der Waals surface area contributed by atoms with Crippen LogP contribution in [-0.4, -0.2) is 47.5 Å². The van der Waals surface area contributed by atoms with Crippen molar-refractivity contribution < 1.29 is 19.1 Å². The van der Waals surface area contributed by atoms with Crippen LogP contribution < -0.4 is 10.6 Å². The van der Waals surface area contributed by atoms with E-state index in [2.05, 4.69) is 30.4 Å². The number of nitrogens with one attached hydrogen (secondary N) is 2. The van der Waals surface area contributed by atoms with Gasteiger partial charge in [-0.3, -0.25) is 9.59 Å². The molecular formula is C31H49N3O4. The highest BCUT2D eigenvalue weighted by Gasteiger charge is 2.37. The third-order valence-electron chi connectivity index (χ3n) is 6.17. The summed E-state index contributed by atoms with van der Waals surface area (Å²) < 4.78 is 5.44. The van der Waals surface area contributed by atoms with Gasteiger partial charge in [0.05, 0.1) is 0 Å². The number of benzene rings is 1. The van der Waals surface area contributed by atoms with Gasteiger partial charge in [0.15, 0.2) is 0 Å². The van der Waals surface area contributed by atoms with Gasteiger partial charge < -0.3 is 20.3 Å². The van der Waals surface area contributed by atoms with E-state index in [1.165, 1.54) is 0 Å². The number of rotatable bonds is 15. The van der Waals surface area contributed by atoms with Gasteiger partial charge in [-0.15, -0.1) is 6.42 Å². The summed E-state index contributed by atoms with van der Waals surface area (Å²) in [6.45, 7) is 14.2. The number of unbranched alkanes of at least 4 members (excludes halogenated alkanes) is 5. The molecule has 2 N–H and O–H groups in total. The Morgan fingerprint density at radius 2 is 1.58 bits per heavy atom. The molecule has 38 heavy (non-hydrogen) atoms. The molecule has 7 heteroatoms. The van der Waals surface area contributed by atoms with Crippen LogP contribution in [-0.2, 0) is 14.3 Å². The van der Waals surface area contributed by atoms with E-state index in [-0.39, 0.29) is 17.7 Å². The normalized spacial score (nSPS) is 12.8. The highest BCUT2D eigenvalue weighted by Crippen LogP contribution is 2.25. The zero-order valence-electron chi connectivity index (χ0n) is 24.6. The van der Waals surface area contributed by atoms with Crippen molar-refractivity contribution in [1.82, 2.24) is 15.5 Å². The first kappa shape index (κ1) is 33.0. The molecular weight excluding hydrogens is 478 g/mol. The summed E-state index contributed by atoms with van der Waals surface area (Å²) >= 11 is 0. The predicted molar refractivity (Wildman–Crippen MR) is 154 cm³/mol. The van der Waals surface area contributed by atoms with Crippen molar-refractivity contribution in [1.29, 1.82) is 0 Å². The second kappa shape index (κ2) is 16.8. The average molecular weight is 528 g/mol. The van der Waals surface area contributed by atoms with Crippen LogP contribution in [0.15, 0.2) is 24.3 Å². The molecule has 0 spiro atoms. The Labute approximate surface area is 230 Å². The van der Waals surface area contributed by atoms with Gasteiger partial charge in [0.2, 0.25) is 11.8 Å². The molecule has 0 aliphatic carbocycles. The lowest BCUT2D eigenvalue weighted by Crippen LogP contribution is -2.55. The number of amides is 3. The Bertz CT molecular complexity index is 913. The van der Waals surface area contributed by atoms with Crippen molar-refractivity contribution in [3.05, 3.63) is 35.4 Å². The molecule has 0 radical (unpaired) electrons. The van der Waals surface area contributed by atoms with Crippen molar-refractivity contribution in [2.75, 3.05) is 13.1 Å². The second-order valence-corrected chi connectivity index (χ2v) is 11.1. The molecule has 0 bridgehead atoms. The number of hydrogen-bond acceptors (Lipinski definition) is 4. The van der Waals surface area contributed by atoms with Crippen LogP contribution in [0.4, 0.5) is 4.79 Å². The molecule has 0 saturated heterocycles. The standard InChI is InChI=1S/C31H49N3O4/c1-9-12-14-15-16-22-34(29(36)26(23(4)5)33-30(37)38-31(6,7)8)27(28(35)32-21-13-10-2)25-19-17-24(11-3)18-20-25/h3,17-20,23,26-27H,9-10,12-16,21-22H2,1-2,4-8H3,(H,32,35)(H,33,37). The minimum Gasteiger partial charge on any atom is -0.444 e. The molecule has 1 aromatic carbocycles. The third-order valence-corrected chi connectivity index (χ3v) is 6.17. The summed E-state index contributed by atoms with van der Waals surface area (Å²) in [4.78, 5) is 42.0. The molecule has 0 fully saturated rings. The van der Waals surface area contributed by atoms with Crippen LogP contribution in [0.1, 0.15) is 111 Å². The topological polar surface area (TPSA) is 87.7 Å². The van der Waals surface area contributed by atoms with Crippen molar-refractivity contribution in [2.45, 2.75) is 111 Å². The minimum atomic E-state index is -0.851. The largest absolute Gasteiger partial charge is 0.444 e. The zero-order valence-corrected chi connectivity index (χ0v) is 24.6. The number of hydrogen-bond donors (Lipinski definition) is 2. The fraction of sp³-hybridized carbons (Fsp3) is 0.645. The van der Waals surface area contributed by atoms with Crippen LogP contribution >= 0.6 is 0 Å². The molecule has 0 aliphatic heterocycles. The Kier molecular flexibility index (Phi) is 14.6. The molecule has 2 unspecified atom stereocenters. The Hall–Kier alpha value is -3.01. The van der Waals surface area contributed by atoms with Crippen LogP contribution in [0, 0.1) is 18.3 Å². The molecule has 1 rings (SSSR count). The fourth-order valence-electron chi connectivity index (χ4n) is 4.10. The van der Waals surface area contributed by atoms with Gasteiger partial charge in [-0.05, 0) is 57.2 Å². The van der Waals surface area contributed by atoms with Crippen molar-refractivity contribution >= 4 is 17.9 Å². The zero-order chi connectivity index (χ0) is 28.7. The number of carbonyl (C=O) groups is 3. The molecule has 1 aromatic rings. The first-order chi connectivity index (χ1) is 17.9. The molecule has 0 heterocycles. The van der Waals surface area contributed by atoms with E-state index in [1.54, 1.807) is 37.8 Å². The van der Waals surface area contributed by atoms with Gasteiger partial charge >= 0.3 is 6.09 Å². The number of carbonyl (C=O) groups excluding carboxylic acids is 3. The number of alkyl carbamates (subject to hydrolysis) is 1. The first-order valence-electron chi connectivity index (χ1n) is 14.1. The second-order valence-electron chi connectivity index (χ2n) is 11.1. The quantitative estimate of drug-likeness (QED) is 0.217.